The van der Waals surface area contributed by atoms with Gasteiger partial charge in [-0.15, -0.1) is 0 Å². The largest absolute Gasteiger partial charge is 0.378 e. The van der Waals surface area contributed by atoms with Crippen LogP contribution in [0.4, 0.5) is 11.5 Å². The Morgan fingerprint density at radius 1 is 1.17 bits per heavy atom. The van der Waals surface area contributed by atoms with Gasteiger partial charge in [0.15, 0.2) is 10.9 Å². The number of H-pyrrole nitrogens is 1. The molecule has 0 spiro atoms. The van der Waals surface area contributed by atoms with Gasteiger partial charge in [0.05, 0.1) is 5.56 Å². The molecule has 1 aromatic heterocycles. The highest BCUT2D eigenvalue weighted by atomic mass is 32.2. The normalized spacial score (nSPS) is 18.2. The maximum absolute atomic E-state index is 13.1. The zero-order valence-electron chi connectivity index (χ0n) is 17.0. The van der Waals surface area contributed by atoms with Gasteiger partial charge < -0.3 is 15.2 Å². The van der Waals surface area contributed by atoms with Crippen LogP contribution in [0.15, 0.2) is 45.5 Å². The number of hydrogen-bond acceptors (Lipinski definition) is 6. The van der Waals surface area contributed by atoms with E-state index in [4.69, 9.17) is 4.98 Å². The Labute approximate surface area is 174 Å². The van der Waals surface area contributed by atoms with E-state index in [0.29, 0.717) is 23.0 Å². The van der Waals surface area contributed by atoms with E-state index >= 15 is 0 Å². The Balaban J connectivity index is 1.86. The van der Waals surface area contributed by atoms with E-state index in [1.165, 1.54) is 0 Å². The summed E-state index contributed by atoms with van der Waals surface area (Å²) in [6.07, 6.45) is 3.16. The van der Waals surface area contributed by atoms with Gasteiger partial charge in [0.1, 0.15) is 5.82 Å². The van der Waals surface area contributed by atoms with Crippen molar-refractivity contribution in [3.05, 3.63) is 57.0 Å². The van der Waals surface area contributed by atoms with Gasteiger partial charge in [0, 0.05) is 49.1 Å². The van der Waals surface area contributed by atoms with E-state index in [-0.39, 0.29) is 17.3 Å². The SMILES string of the molecule is CCCSc1nc2c(c(=O)[nH]1)[C@H](c1ccc(N(C)C)cc1)C1=C(CCCC1=O)N2. The Bertz CT molecular complexity index is 1020. The molecular weight excluding hydrogens is 384 g/mol. The second kappa shape index (κ2) is 8.06. The number of nitrogens with one attached hydrogen (secondary N) is 2. The predicted molar refractivity (Wildman–Crippen MR) is 118 cm³/mol. The molecule has 1 atom stereocenters. The molecule has 0 saturated heterocycles. The fraction of sp³-hybridized carbons (Fsp3) is 0.409. The molecule has 152 valence electrons. The molecule has 0 unspecified atom stereocenters. The first-order chi connectivity index (χ1) is 14.0. The van der Waals surface area contributed by atoms with Crippen LogP contribution in [-0.4, -0.2) is 35.6 Å². The van der Waals surface area contributed by atoms with E-state index in [9.17, 15) is 9.59 Å². The van der Waals surface area contributed by atoms with E-state index in [1.807, 2.05) is 43.3 Å². The molecule has 0 bridgehead atoms. The first-order valence-electron chi connectivity index (χ1n) is 10.1. The van der Waals surface area contributed by atoms with Crippen molar-refractivity contribution in [1.82, 2.24) is 9.97 Å². The van der Waals surface area contributed by atoms with Crippen LogP contribution in [-0.2, 0) is 4.79 Å². The lowest BCUT2D eigenvalue weighted by atomic mass is 9.76. The fourth-order valence-electron chi connectivity index (χ4n) is 4.01. The third-order valence-corrected chi connectivity index (χ3v) is 6.50. The van der Waals surface area contributed by atoms with Gasteiger partial charge in [0.2, 0.25) is 0 Å². The summed E-state index contributed by atoms with van der Waals surface area (Å²) in [7, 11) is 3.98. The highest BCUT2D eigenvalue weighted by Gasteiger charge is 2.37. The molecule has 1 aliphatic carbocycles. The summed E-state index contributed by atoms with van der Waals surface area (Å²) in [5, 5.41) is 3.94. The van der Waals surface area contributed by atoms with Gasteiger partial charge in [-0.3, -0.25) is 9.59 Å². The summed E-state index contributed by atoms with van der Waals surface area (Å²) in [5.41, 5.74) is 4.03. The number of carbonyl (C=O) groups is 1. The standard InChI is InChI=1S/C22H26N4O2S/c1-4-12-29-22-24-20-19(21(28)25-22)17(13-8-10-14(11-9-13)26(2)3)18-15(23-20)6-5-7-16(18)27/h8-11,17H,4-7,12H2,1-3H3,(H2,23,24,25,28)/t17-/m1/s1. The molecular formula is C22H26N4O2S. The number of carbonyl (C=O) groups excluding carboxylic acids is 1. The topological polar surface area (TPSA) is 78.1 Å². The number of rotatable bonds is 5. The number of anilines is 2. The average molecular weight is 411 g/mol. The summed E-state index contributed by atoms with van der Waals surface area (Å²) in [5.74, 6) is 1.22. The zero-order valence-corrected chi connectivity index (χ0v) is 17.9. The molecule has 2 heterocycles. The lowest BCUT2D eigenvalue weighted by molar-refractivity contribution is -0.116. The highest BCUT2D eigenvalue weighted by Crippen LogP contribution is 2.43. The first-order valence-corrected chi connectivity index (χ1v) is 11.1. The minimum Gasteiger partial charge on any atom is -0.378 e. The molecule has 4 rings (SSSR count). The number of nitrogens with zero attached hydrogens (tertiary/aromatic N) is 2. The second-order valence-corrected chi connectivity index (χ2v) is 8.78. The second-order valence-electron chi connectivity index (χ2n) is 7.69. The Kier molecular flexibility index (Phi) is 5.50. The number of hydrogen-bond donors (Lipinski definition) is 2. The van der Waals surface area contributed by atoms with E-state index in [0.717, 1.165) is 47.5 Å². The minimum absolute atomic E-state index is 0.120. The number of fused-ring (bicyclic) bond motifs is 1. The van der Waals surface area contributed by atoms with Crippen LogP contribution in [0.5, 0.6) is 0 Å². The molecule has 1 aliphatic heterocycles. The number of allylic oxidation sites excluding steroid dienone is 2. The van der Waals surface area contributed by atoms with Crippen molar-refractivity contribution in [2.45, 2.75) is 43.7 Å². The molecule has 7 heteroatoms. The Hall–Kier alpha value is -2.54. The number of benzene rings is 1. The van der Waals surface area contributed by atoms with Crippen LogP contribution in [0.1, 0.15) is 49.7 Å². The van der Waals surface area contributed by atoms with Gasteiger partial charge in [-0.1, -0.05) is 30.8 Å². The van der Waals surface area contributed by atoms with Crippen LogP contribution in [0.25, 0.3) is 0 Å². The Morgan fingerprint density at radius 3 is 2.62 bits per heavy atom. The third-order valence-electron chi connectivity index (χ3n) is 5.42. The molecule has 2 aromatic rings. The maximum atomic E-state index is 13.1. The molecule has 0 fully saturated rings. The van der Waals surface area contributed by atoms with Crippen molar-refractivity contribution in [1.29, 1.82) is 0 Å². The molecule has 0 saturated carbocycles. The van der Waals surface area contributed by atoms with Crippen LogP contribution in [0, 0.1) is 0 Å². The summed E-state index contributed by atoms with van der Waals surface area (Å²) in [6.45, 7) is 2.10. The number of thioether (sulfide) groups is 1. The van der Waals surface area contributed by atoms with Crippen molar-refractivity contribution >= 4 is 29.1 Å². The summed E-state index contributed by atoms with van der Waals surface area (Å²) >= 11 is 1.54. The quantitative estimate of drug-likeness (QED) is 0.575. The number of Topliss-reactive ketones (excluding diaryl/α,β-unsaturated/α-hetero) is 1. The monoisotopic (exact) mass is 410 g/mol. The minimum atomic E-state index is -0.383. The maximum Gasteiger partial charge on any atom is 0.257 e. The molecule has 0 amide bonds. The number of aromatic amines is 1. The predicted octanol–water partition coefficient (Wildman–Crippen LogP) is 3.90. The third kappa shape index (κ3) is 3.71. The fourth-order valence-corrected chi connectivity index (χ4v) is 4.72. The first kappa shape index (κ1) is 19.8. The molecule has 6 nitrogen and oxygen atoms in total. The van der Waals surface area contributed by atoms with Gasteiger partial charge in [-0.2, -0.15) is 0 Å². The summed E-state index contributed by atoms with van der Waals surface area (Å²) < 4.78 is 0. The van der Waals surface area contributed by atoms with E-state index < -0.39 is 0 Å². The van der Waals surface area contributed by atoms with Crippen molar-refractivity contribution in [2.75, 3.05) is 30.1 Å². The lowest BCUT2D eigenvalue weighted by Gasteiger charge is -2.33. The summed E-state index contributed by atoms with van der Waals surface area (Å²) in [4.78, 5) is 35.6. The van der Waals surface area contributed by atoms with Crippen LogP contribution >= 0.6 is 11.8 Å². The lowest BCUT2D eigenvalue weighted by Crippen LogP contribution is -2.32. The van der Waals surface area contributed by atoms with E-state index in [2.05, 4.69) is 17.2 Å². The molecule has 0 radical (unpaired) electrons. The smallest absolute Gasteiger partial charge is 0.257 e. The van der Waals surface area contributed by atoms with Gasteiger partial charge in [-0.05, 0) is 37.0 Å². The van der Waals surface area contributed by atoms with Crippen LogP contribution < -0.4 is 15.8 Å². The number of aromatic nitrogens is 2. The average Bonchev–Trinajstić information content (AvgIpc) is 2.71. The summed E-state index contributed by atoms with van der Waals surface area (Å²) in [6, 6.07) is 8.08. The van der Waals surface area contributed by atoms with Crippen molar-refractivity contribution in [3.8, 4) is 0 Å². The zero-order chi connectivity index (χ0) is 20.5. The number of ketones is 1. The van der Waals surface area contributed by atoms with Gasteiger partial charge in [0.25, 0.3) is 5.56 Å². The van der Waals surface area contributed by atoms with Crippen molar-refractivity contribution in [2.24, 2.45) is 0 Å². The molecule has 29 heavy (non-hydrogen) atoms. The molecule has 2 N–H and O–H groups in total. The van der Waals surface area contributed by atoms with Gasteiger partial charge in [-0.25, -0.2) is 4.98 Å². The van der Waals surface area contributed by atoms with Crippen LogP contribution in [0.3, 0.4) is 0 Å². The Morgan fingerprint density at radius 2 is 1.93 bits per heavy atom. The molecule has 1 aromatic carbocycles. The van der Waals surface area contributed by atoms with Crippen LogP contribution in [0.2, 0.25) is 0 Å². The van der Waals surface area contributed by atoms with Gasteiger partial charge >= 0.3 is 0 Å². The van der Waals surface area contributed by atoms with Crippen molar-refractivity contribution in [3.63, 3.8) is 0 Å². The van der Waals surface area contributed by atoms with E-state index in [1.54, 1.807) is 11.8 Å². The highest BCUT2D eigenvalue weighted by molar-refractivity contribution is 7.99. The van der Waals surface area contributed by atoms with Crippen molar-refractivity contribution < 1.29 is 4.79 Å². The molecule has 2 aliphatic rings.